The SMILES string of the molecule is Clc1ccccc1CN1CCC(c2nnc(-c3ccco3)o2)CC1. The minimum Gasteiger partial charge on any atom is -0.459 e. The van der Waals surface area contributed by atoms with E-state index in [2.05, 4.69) is 21.2 Å². The fraction of sp³-hybridized carbons (Fsp3) is 0.333. The predicted molar refractivity (Wildman–Crippen MR) is 90.7 cm³/mol. The Morgan fingerprint density at radius 2 is 1.92 bits per heavy atom. The summed E-state index contributed by atoms with van der Waals surface area (Å²) in [6.07, 6.45) is 3.61. The number of nitrogens with zero attached hydrogens (tertiary/aromatic N) is 3. The molecule has 0 amide bonds. The number of hydrogen-bond donors (Lipinski definition) is 0. The van der Waals surface area contributed by atoms with Crippen molar-refractivity contribution >= 4 is 11.6 Å². The quantitative estimate of drug-likeness (QED) is 0.704. The largest absolute Gasteiger partial charge is 0.459 e. The highest BCUT2D eigenvalue weighted by molar-refractivity contribution is 6.31. The Kier molecular flexibility index (Phi) is 4.36. The summed E-state index contributed by atoms with van der Waals surface area (Å²) in [7, 11) is 0. The number of aromatic nitrogens is 2. The van der Waals surface area contributed by atoms with Gasteiger partial charge in [-0.1, -0.05) is 29.8 Å². The van der Waals surface area contributed by atoms with Crippen molar-refractivity contribution in [2.45, 2.75) is 25.3 Å². The Morgan fingerprint density at radius 1 is 1.08 bits per heavy atom. The first-order chi connectivity index (χ1) is 11.8. The maximum Gasteiger partial charge on any atom is 0.283 e. The van der Waals surface area contributed by atoms with E-state index in [4.69, 9.17) is 20.4 Å². The molecule has 1 aromatic carbocycles. The van der Waals surface area contributed by atoms with Crippen LogP contribution < -0.4 is 0 Å². The number of hydrogen-bond acceptors (Lipinski definition) is 5. The van der Waals surface area contributed by atoms with E-state index in [1.807, 2.05) is 30.3 Å². The third-order valence-electron chi connectivity index (χ3n) is 4.46. The van der Waals surface area contributed by atoms with Crippen LogP contribution in [0.5, 0.6) is 0 Å². The molecule has 5 nitrogen and oxygen atoms in total. The summed E-state index contributed by atoms with van der Waals surface area (Å²) in [6.45, 7) is 2.87. The molecule has 0 aliphatic carbocycles. The molecule has 0 N–H and O–H groups in total. The zero-order valence-electron chi connectivity index (χ0n) is 13.2. The lowest BCUT2D eigenvalue weighted by Gasteiger charge is -2.30. The van der Waals surface area contributed by atoms with Crippen molar-refractivity contribution in [3.63, 3.8) is 0 Å². The zero-order chi connectivity index (χ0) is 16.4. The molecule has 0 saturated carbocycles. The topological polar surface area (TPSA) is 55.3 Å². The third-order valence-corrected chi connectivity index (χ3v) is 4.83. The standard InChI is InChI=1S/C18H18ClN3O2/c19-15-5-2-1-4-14(15)12-22-9-7-13(8-10-22)17-20-21-18(24-17)16-6-3-11-23-16/h1-6,11,13H,7-10,12H2. The van der Waals surface area contributed by atoms with E-state index in [9.17, 15) is 0 Å². The average molecular weight is 344 g/mol. The van der Waals surface area contributed by atoms with Crippen molar-refractivity contribution in [3.05, 3.63) is 59.1 Å². The lowest BCUT2D eigenvalue weighted by atomic mass is 9.96. The third kappa shape index (κ3) is 3.23. The highest BCUT2D eigenvalue weighted by atomic mass is 35.5. The maximum atomic E-state index is 6.25. The van der Waals surface area contributed by atoms with Crippen LogP contribution in [0.2, 0.25) is 5.02 Å². The molecule has 1 fully saturated rings. The van der Waals surface area contributed by atoms with Crippen molar-refractivity contribution in [1.29, 1.82) is 0 Å². The summed E-state index contributed by atoms with van der Waals surface area (Å²) in [5.41, 5.74) is 1.18. The molecule has 0 radical (unpaired) electrons. The molecule has 0 spiro atoms. The van der Waals surface area contributed by atoms with E-state index in [1.165, 1.54) is 5.56 Å². The van der Waals surface area contributed by atoms with E-state index >= 15 is 0 Å². The first-order valence-electron chi connectivity index (χ1n) is 8.12. The van der Waals surface area contributed by atoms with Crippen LogP contribution in [0.15, 0.2) is 51.5 Å². The molecule has 124 valence electrons. The molecule has 24 heavy (non-hydrogen) atoms. The number of halogens is 1. The normalized spacial score (nSPS) is 16.5. The highest BCUT2D eigenvalue weighted by Gasteiger charge is 2.25. The van der Waals surface area contributed by atoms with Crippen LogP contribution in [0.3, 0.4) is 0 Å². The molecule has 3 heterocycles. The van der Waals surface area contributed by atoms with E-state index in [0.29, 0.717) is 23.5 Å². The van der Waals surface area contributed by atoms with Crippen LogP contribution in [-0.4, -0.2) is 28.2 Å². The summed E-state index contributed by atoms with van der Waals surface area (Å²) in [5, 5.41) is 9.13. The van der Waals surface area contributed by atoms with Crippen LogP contribution >= 0.6 is 11.6 Å². The number of rotatable bonds is 4. The van der Waals surface area contributed by atoms with Crippen LogP contribution in [0.25, 0.3) is 11.7 Å². The van der Waals surface area contributed by atoms with Gasteiger partial charge in [0.25, 0.3) is 5.89 Å². The van der Waals surface area contributed by atoms with Gasteiger partial charge in [-0.25, -0.2) is 0 Å². The Bertz CT molecular complexity index is 792. The van der Waals surface area contributed by atoms with Crippen molar-refractivity contribution in [1.82, 2.24) is 15.1 Å². The molecule has 0 atom stereocenters. The Labute approximate surface area is 145 Å². The van der Waals surface area contributed by atoms with Crippen LogP contribution in [0.4, 0.5) is 0 Å². The van der Waals surface area contributed by atoms with Gasteiger partial charge >= 0.3 is 0 Å². The molecular weight excluding hydrogens is 326 g/mol. The number of furan rings is 1. The summed E-state index contributed by atoms with van der Waals surface area (Å²) in [4.78, 5) is 2.42. The van der Waals surface area contributed by atoms with Crippen molar-refractivity contribution < 1.29 is 8.83 Å². The van der Waals surface area contributed by atoms with E-state index < -0.39 is 0 Å². The first-order valence-corrected chi connectivity index (χ1v) is 8.50. The van der Waals surface area contributed by atoms with Gasteiger partial charge in [0.05, 0.1) is 6.26 Å². The maximum absolute atomic E-state index is 6.25. The minimum absolute atomic E-state index is 0.309. The van der Waals surface area contributed by atoms with Gasteiger partial charge in [0.1, 0.15) is 0 Å². The van der Waals surface area contributed by atoms with Gasteiger partial charge in [0.2, 0.25) is 5.89 Å². The Hall–Kier alpha value is -2.11. The molecule has 2 aromatic heterocycles. The van der Waals surface area contributed by atoms with Gasteiger partial charge in [-0.05, 0) is 49.7 Å². The van der Waals surface area contributed by atoms with Crippen molar-refractivity contribution in [2.24, 2.45) is 0 Å². The summed E-state index contributed by atoms with van der Waals surface area (Å²) in [5.74, 6) is 2.08. The van der Waals surface area contributed by atoms with Gasteiger partial charge in [-0.15, -0.1) is 10.2 Å². The van der Waals surface area contributed by atoms with E-state index in [0.717, 1.165) is 37.5 Å². The molecule has 6 heteroatoms. The van der Waals surface area contributed by atoms with E-state index in [1.54, 1.807) is 6.26 Å². The fourth-order valence-corrected chi connectivity index (χ4v) is 3.30. The molecule has 4 rings (SSSR count). The summed E-state index contributed by atoms with van der Waals surface area (Å²) >= 11 is 6.25. The lowest BCUT2D eigenvalue weighted by Crippen LogP contribution is -2.32. The highest BCUT2D eigenvalue weighted by Crippen LogP contribution is 2.30. The first kappa shape index (κ1) is 15.4. The Balaban J connectivity index is 1.37. The van der Waals surface area contributed by atoms with Gasteiger partial charge in [-0.3, -0.25) is 4.90 Å². The smallest absolute Gasteiger partial charge is 0.283 e. The number of benzene rings is 1. The van der Waals surface area contributed by atoms with Crippen molar-refractivity contribution in [3.8, 4) is 11.7 Å². The second-order valence-corrected chi connectivity index (χ2v) is 6.47. The van der Waals surface area contributed by atoms with Crippen molar-refractivity contribution in [2.75, 3.05) is 13.1 Å². The lowest BCUT2D eigenvalue weighted by molar-refractivity contribution is 0.193. The molecule has 1 aliphatic heterocycles. The fourth-order valence-electron chi connectivity index (χ4n) is 3.10. The van der Waals surface area contributed by atoms with Gasteiger partial charge in [0.15, 0.2) is 5.76 Å². The molecule has 3 aromatic rings. The van der Waals surface area contributed by atoms with Gasteiger partial charge in [-0.2, -0.15) is 0 Å². The summed E-state index contributed by atoms with van der Waals surface area (Å²) in [6, 6.07) is 11.7. The number of piperidine rings is 1. The second kappa shape index (κ2) is 6.79. The molecule has 0 unspecified atom stereocenters. The van der Waals surface area contributed by atoms with Crippen LogP contribution in [0, 0.1) is 0 Å². The second-order valence-electron chi connectivity index (χ2n) is 6.06. The van der Waals surface area contributed by atoms with Gasteiger partial charge in [0, 0.05) is 17.5 Å². The van der Waals surface area contributed by atoms with Gasteiger partial charge < -0.3 is 8.83 Å². The van der Waals surface area contributed by atoms with E-state index in [-0.39, 0.29) is 0 Å². The average Bonchev–Trinajstić information content (AvgIpc) is 3.29. The zero-order valence-corrected chi connectivity index (χ0v) is 13.9. The monoisotopic (exact) mass is 343 g/mol. The molecular formula is C18H18ClN3O2. The Morgan fingerprint density at radius 3 is 2.67 bits per heavy atom. The number of likely N-dealkylation sites (tertiary alicyclic amines) is 1. The summed E-state index contributed by atoms with van der Waals surface area (Å²) < 4.78 is 11.1. The van der Waals surface area contributed by atoms with Crippen LogP contribution in [-0.2, 0) is 6.54 Å². The van der Waals surface area contributed by atoms with Crippen LogP contribution in [0.1, 0.15) is 30.2 Å². The molecule has 1 aliphatic rings. The molecule has 0 bridgehead atoms. The molecule has 1 saturated heterocycles. The predicted octanol–water partition coefficient (Wildman–Crippen LogP) is 4.36. The minimum atomic E-state index is 0.309.